The number of halogens is 1. The SMILES string of the molecule is COc1cccc(-n2nccc2Br)c1. The van der Waals surface area contributed by atoms with Gasteiger partial charge in [0.05, 0.1) is 19.0 Å². The number of methoxy groups -OCH3 is 1. The van der Waals surface area contributed by atoms with E-state index in [0.29, 0.717) is 0 Å². The molecule has 1 heterocycles. The topological polar surface area (TPSA) is 27.1 Å². The monoisotopic (exact) mass is 252 g/mol. The fraction of sp³-hybridized carbons (Fsp3) is 0.100. The summed E-state index contributed by atoms with van der Waals surface area (Å²) in [4.78, 5) is 0. The van der Waals surface area contributed by atoms with Crippen LogP contribution >= 0.6 is 15.9 Å². The molecule has 1 aromatic carbocycles. The molecule has 2 rings (SSSR count). The number of benzene rings is 1. The van der Waals surface area contributed by atoms with Gasteiger partial charge in [-0.25, -0.2) is 4.68 Å². The van der Waals surface area contributed by atoms with Gasteiger partial charge in [-0.2, -0.15) is 5.10 Å². The summed E-state index contributed by atoms with van der Waals surface area (Å²) < 4.78 is 7.85. The molecule has 0 saturated carbocycles. The maximum absolute atomic E-state index is 5.14. The third-order valence-electron chi connectivity index (χ3n) is 1.89. The van der Waals surface area contributed by atoms with Crippen molar-refractivity contribution in [2.24, 2.45) is 0 Å². The molecular formula is C10H9BrN2O. The Morgan fingerprint density at radius 2 is 2.21 bits per heavy atom. The molecule has 0 bridgehead atoms. The maximum atomic E-state index is 5.14. The minimum atomic E-state index is 0.824. The van der Waals surface area contributed by atoms with Gasteiger partial charge in [0, 0.05) is 6.07 Å². The van der Waals surface area contributed by atoms with Crippen LogP contribution in [-0.2, 0) is 0 Å². The van der Waals surface area contributed by atoms with Gasteiger partial charge in [0.15, 0.2) is 0 Å². The summed E-state index contributed by atoms with van der Waals surface area (Å²) in [5, 5.41) is 4.18. The summed E-state index contributed by atoms with van der Waals surface area (Å²) >= 11 is 3.41. The quantitative estimate of drug-likeness (QED) is 0.822. The lowest BCUT2D eigenvalue weighted by atomic mass is 10.3. The first kappa shape index (κ1) is 9.27. The Morgan fingerprint density at radius 1 is 1.36 bits per heavy atom. The molecule has 0 N–H and O–H groups in total. The highest BCUT2D eigenvalue weighted by molar-refractivity contribution is 9.10. The highest BCUT2D eigenvalue weighted by atomic mass is 79.9. The molecule has 0 aliphatic carbocycles. The van der Waals surface area contributed by atoms with Crippen molar-refractivity contribution in [3.63, 3.8) is 0 Å². The maximum Gasteiger partial charge on any atom is 0.121 e. The van der Waals surface area contributed by atoms with Crippen LogP contribution < -0.4 is 4.74 Å². The van der Waals surface area contributed by atoms with E-state index in [-0.39, 0.29) is 0 Å². The van der Waals surface area contributed by atoms with Gasteiger partial charge in [0.1, 0.15) is 10.4 Å². The first-order valence-electron chi connectivity index (χ1n) is 4.15. The van der Waals surface area contributed by atoms with Crippen molar-refractivity contribution in [1.82, 2.24) is 9.78 Å². The molecule has 0 unspecified atom stereocenters. The van der Waals surface area contributed by atoms with E-state index in [1.165, 1.54) is 0 Å². The second-order valence-electron chi connectivity index (χ2n) is 2.77. The van der Waals surface area contributed by atoms with Crippen molar-refractivity contribution < 1.29 is 4.74 Å². The molecule has 4 heteroatoms. The van der Waals surface area contributed by atoms with Crippen molar-refractivity contribution in [2.75, 3.05) is 7.11 Å². The number of nitrogens with zero attached hydrogens (tertiary/aromatic N) is 2. The molecule has 1 aromatic heterocycles. The van der Waals surface area contributed by atoms with Gasteiger partial charge in [0.25, 0.3) is 0 Å². The highest BCUT2D eigenvalue weighted by Crippen LogP contribution is 2.19. The van der Waals surface area contributed by atoms with Gasteiger partial charge in [0.2, 0.25) is 0 Å². The van der Waals surface area contributed by atoms with Crippen molar-refractivity contribution in [1.29, 1.82) is 0 Å². The number of hydrogen-bond donors (Lipinski definition) is 0. The molecule has 3 nitrogen and oxygen atoms in total. The van der Waals surface area contributed by atoms with E-state index in [1.54, 1.807) is 18.0 Å². The Balaban J connectivity index is 2.47. The summed E-state index contributed by atoms with van der Waals surface area (Å²) in [6.07, 6.45) is 1.74. The van der Waals surface area contributed by atoms with E-state index in [2.05, 4.69) is 21.0 Å². The Morgan fingerprint density at radius 3 is 2.86 bits per heavy atom. The Kier molecular flexibility index (Phi) is 2.54. The van der Waals surface area contributed by atoms with E-state index in [1.807, 2.05) is 30.3 Å². The van der Waals surface area contributed by atoms with Gasteiger partial charge < -0.3 is 4.74 Å². The van der Waals surface area contributed by atoms with Crippen molar-refractivity contribution in [3.05, 3.63) is 41.1 Å². The van der Waals surface area contributed by atoms with Crippen molar-refractivity contribution in [3.8, 4) is 11.4 Å². The predicted molar refractivity (Wildman–Crippen MR) is 57.8 cm³/mol. The largest absolute Gasteiger partial charge is 0.497 e. The van der Waals surface area contributed by atoms with Crippen molar-refractivity contribution >= 4 is 15.9 Å². The number of rotatable bonds is 2. The average Bonchev–Trinajstić information content (AvgIpc) is 2.65. The smallest absolute Gasteiger partial charge is 0.121 e. The van der Waals surface area contributed by atoms with E-state index < -0.39 is 0 Å². The number of aromatic nitrogens is 2. The Bertz CT molecular complexity index is 439. The molecule has 0 aliphatic heterocycles. The van der Waals surface area contributed by atoms with Crippen LogP contribution in [-0.4, -0.2) is 16.9 Å². The summed E-state index contributed by atoms with van der Waals surface area (Å²) in [5.41, 5.74) is 0.973. The summed E-state index contributed by atoms with van der Waals surface area (Å²) in [6.45, 7) is 0. The van der Waals surface area contributed by atoms with Crippen LogP contribution in [0.2, 0.25) is 0 Å². The second kappa shape index (κ2) is 3.84. The Labute approximate surface area is 90.4 Å². The molecule has 0 amide bonds. The zero-order valence-electron chi connectivity index (χ0n) is 7.64. The standard InChI is InChI=1S/C10H9BrN2O/c1-14-9-4-2-3-8(7-9)13-10(11)5-6-12-13/h2-7H,1H3. The van der Waals surface area contributed by atoms with Crippen LogP contribution in [0, 0.1) is 0 Å². The molecule has 72 valence electrons. The number of hydrogen-bond acceptors (Lipinski definition) is 2. The minimum absolute atomic E-state index is 0.824. The highest BCUT2D eigenvalue weighted by Gasteiger charge is 2.02. The van der Waals surface area contributed by atoms with Gasteiger partial charge in [-0.05, 0) is 34.1 Å². The fourth-order valence-corrected chi connectivity index (χ4v) is 1.63. The minimum Gasteiger partial charge on any atom is -0.497 e. The first-order valence-corrected chi connectivity index (χ1v) is 4.94. The number of ether oxygens (including phenoxy) is 1. The van der Waals surface area contributed by atoms with Crippen molar-refractivity contribution in [2.45, 2.75) is 0 Å². The Hall–Kier alpha value is -1.29. The lowest BCUT2D eigenvalue weighted by Gasteiger charge is -2.05. The van der Waals surface area contributed by atoms with E-state index >= 15 is 0 Å². The lowest BCUT2D eigenvalue weighted by molar-refractivity contribution is 0.414. The third-order valence-corrected chi connectivity index (χ3v) is 2.49. The first-order chi connectivity index (χ1) is 6.81. The molecular weight excluding hydrogens is 244 g/mol. The summed E-state index contributed by atoms with van der Waals surface area (Å²) in [7, 11) is 1.65. The average molecular weight is 253 g/mol. The molecule has 0 aliphatic rings. The lowest BCUT2D eigenvalue weighted by Crippen LogP contribution is -1.96. The van der Waals surface area contributed by atoms with Gasteiger partial charge >= 0.3 is 0 Å². The molecule has 14 heavy (non-hydrogen) atoms. The van der Waals surface area contributed by atoms with Crippen LogP contribution in [0.4, 0.5) is 0 Å². The van der Waals surface area contributed by atoms with Gasteiger partial charge in [-0.1, -0.05) is 6.07 Å². The fourth-order valence-electron chi connectivity index (χ4n) is 1.22. The molecule has 0 spiro atoms. The second-order valence-corrected chi connectivity index (χ2v) is 3.58. The summed E-state index contributed by atoms with van der Waals surface area (Å²) in [5.74, 6) is 0.824. The van der Waals surface area contributed by atoms with Crippen LogP contribution in [0.25, 0.3) is 5.69 Å². The molecule has 2 aromatic rings. The van der Waals surface area contributed by atoms with Crippen LogP contribution in [0.3, 0.4) is 0 Å². The summed E-state index contributed by atoms with van der Waals surface area (Å²) in [6, 6.07) is 9.63. The van der Waals surface area contributed by atoms with E-state index in [0.717, 1.165) is 16.0 Å². The molecule has 0 saturated heterocycles. The molecule has 0 atom stereocenters. The van der Waals surface area contributed by atoms with Gasteiger partial charge in [-0.15, -0.1) is 0 Å². The van der Waals surface area contributed by atoms with E-state index in [4.69, 9.17) is 4.74 Å². The normalized spacial score (nSPS) is 10.1. The van der Waals surface area contributed by atoms with Crippen LogP contribution in [0.15, 0.2) is 41.1 Å². The van der Waals surface area contributed by atoms with Crippen LogP contribution in [0.1, 0.15) is 0 Å². The molecule has 0 radical (unpaired) electrons. The third kappa shape index (κ3) is 1.65. The van der Waals surface area contributed by atoms with Gasteiger partial charge in [-0.3, -0.25) is 0 Å². The van der Waals surface area contributed by atoms with E-state index in [9.17, 15) is 0 Å². The van der Waals surface area contributed by atoms with Crippen LogP contribution in [0.5, 0.6) is 5.75 Å². The predicted octanol–water partition coefficient (Wildman–Crippen LogP) is 2.64. The molecule has 0 fully saturated rings. The zero-order valence-corrected chi connectivity index (χ0v) is 9.23. The zero-order chi connectivity index (χ0) is 9.97.